The Balaban J connectivity index is 1.89. The summed E-state index contributed by atoms with van der Waals surface area (Å²) in [7, 11) is -2.14. The van der Waals surface area contributed by atoms with Crippen LogP contribution in [0.4, 0.5) is 5.69 Å². The zero-order valence-corrected chi connectivity index (χ0v) is 17.8. The lowest BCUT2D eigenvalue weighted by molar-refractivity contribution is -0.130. The number of rotatable bonds is 8. The molecule has 1 saturated carbocycles. The van der Waals surface area contributed by atoms with Gasteiger partial charge in [0.15, 0.2) is 0 Å². The second kappa shape index (κ2) is 9.31. The van der Waals surface area contributed by atoms with Crippen LogP contribution in [-0.2, 0) is 14.8 Å². The van der Waals surface area contributed by atoms with Gasteiger partial charge in [0.2, 0.25) is 5.91 Å². The summed E-state index contributed by atoms with van der Waals surface area (Å²) in [5, 5.41) is 0. The fraction of sp³-hybridized carbons (Fsp3) is 0.409. The van der Waals surface area contributed by atoms with Gasteiger partial charge in [-0.3, -0.25) is 9.10 Å². The van der Waals surface area contributed by atoms with Crippen LogP contribution in [0.2, 0.25) is 0 Å². The summed E-state index contributed by atoms with van der Waals surface area (Å²) in [5.74, 6) is 0.407. The van der Waals surface area contributed by atoms with E-state index in [0.29, 0.717) is 18.0 Å². The second-order valence-electron chi connectivity index (χ2n) is 7.19. The summed E-state index contributed by atoms with van der Waals surface area (Å²) >= 11 is 0. The average Bonchev–Trinajstić information content (AvgIpc) is 3.27. The lowest BCUT2D eigenvalue weighted by Crippen LogP contribution is -2.44. The minimum atomic E-state index is -3.91. The summed E-state index contributed by atoms with van der Waals surface area (Å²) in [5.41, 5.74) is 0.467. The molecule has 0 radical (unpaired) electrons. The van der Waals surface area contributed by atoms with Crippen molar-refractivity contribution in [3.63, 3.8) is 0 Å². The van der Waals surface area contributed by atoms with Crippen molar-refractivity contribution in [2.24, 2.45) is 0 Å². The van der Waals surface area contributed by atoms with Crippen molar-refractivity contribution < 1.29 is 17.9 Å². The number of likely N-dealkylation sites (N-methyl/N-ethyl adjacent to an activating group) is 1. The molecule has 1 fully saturated rings. The molecule has 29 heavy (non-hydrogen) atoms. The molecule has 0 spiro atoms. The first-order valence-corrected chi connectivity index (χ1v) is 11.4. The zero-order valence-electron chi connectivity index (χ0n) is 17.0. The molecule has 156 valence electrons. The Hall–Kier alpha value is -2.54. The molecule has 2 aromatic rings. The first-order valence-electron chi connectivity index (χ1n) is 10.00. The lowest BCUT2D eigenvalue weighted by Gasteiger charge is -2.29. The summed E-state index contributed by atoms with van der Waals surface area (Å²) in [4.78, 5) is 14.8. The normalized spacial score (nSPS) is 14.6. The third kappa shape index (κ3) is 4.90. The van der Waals surface area contributed by atoms with Crippen molar-refractivity contribution in [3.8, 4) is 5.75 Å². The summed E-state index contributed by atoms with van der Waals surface area (Å²) in [6.07, 6.45) is 4.16. The molecule has 1 aliphatic carbocycles. The summed E-state index contributed by atoms with van der Waals surface area (Å²) < 4.78 is 33.4. The Kier molecular flexibility index (Phi) is 6.79. The van der Waals surface area contributed by atoms with Gasteiger partial charge in [-0.1, -0.05) is 31.0 Å². The van der Waals surface area contributed by atoms with Crippen LogP contribution in [0, 0.1) is 0 Å². The lowest BCUT2D eigenvalue weighted by atomic mass is 10.2. The Labute approximate surface area is 173 Å². The molecule has 0 atom stereocenters. The van der Waals surface area contributed by atoms with Crippen molar-refractivity contribution in [1.29, 1.82) is 0 Å². The van der Waals surface area contributed by atoms with Crippen LogP contribution in [0.25, 0.3) is 0 Å². The second-order valence-corrected chi connectivity index (χ2v) is 9.06. The van der Waals surface area contributed by atoms with E-state index >= 15 is 0 Å². The standard InChI is InChI=1S/C22H28N2O4S/c1-3-28-20-13-15-21(16-14-20)29(26,27)24(19-11-5-4-6-12-19)17-22(25)23(2)18-9-7-8-10-18/h4-6,11-16,18H,3,7-10,17H2,1-2H3. The molecule has 2 aromatic carbocycles. The minimum absolute atomic E-state index is 0.126. The predicted molar refractivity (Wildman–Crippen MR) is 114 cm³/mol. The SMILES string of the molecule is CCOc1ccc(S(=O)(=O)N(CC(=O)N(C)C2CCCC2)c2ccccc2)cc1. The Morgan fingerprint density at radius 3 is 2.24 bits per heavy atom. The minimum Gasteiger partial charge on any atom is -0.494 e. The topological polar surface area (TPSA) is 66.9 Å². The Bertz CT molecular complexity index is 908. The maximum Gasteiger partial charge on any atom is 0.264 e. The Morgan fingerprint density at radius 2 is 1.66 bits per heavy atom. The summed E-state index contributed by atoms with van der Waals surface area (Å²) in [6, 6.07) is 15.2. The molecule has 0 bridgehead atoms. The number of sulfonamides is 1. The first-order chi connectivity index (χ1) is 13.9. The van der Waals surface area contributed by atoms with Gasteiger partial charge in [-0.15, -0.1) is 0 Å². The van der Waals surface area contributed by atoms with Gasteiger partial charge in [0.05, 0.1) is 17.2 Å². The van der Waals surface area contributed by atoms with Crippen LogP contribution in [0.1, 0.15) is 32.6 Å². The maximum absolute atomic E-state index is 13.4. The van der Waals surface area contributed by atoms with E-state index in [0.717, 1.165) is 25.7 Å². The third-order valence-corrected chi connectivity index (χ3v) is 7.10. The fourth-order valence-corrected chi connectivity index (χ4v) is 5.05. The van der Waals surface area contributed by atoms with E-state index in [2.05, 4.69) is 0 Å². The van der Waals surface area contributed by atoms with Crippen LogP contribution in [-0.4, -0.2) is 45.5 Å². The van der Waals surface area contributed by atoms with E-state index in [1.807, 2.05) is 13.0 Å². The van der Waals surface area contributed by atoms with E-state index in [1.54, 1.807) is 48.3 Å². The molecule has 0 N–H and O–H groups in total. The van der Waals surface area contributed by atoms with Crippen molar-refractivity contribution in [2.45, 2.75) is 43.5 Å². The Morgan fingerprint density at radius 1 is 1.03 bits per heavy atom. The van der Waals surface area contributed by atoms with Crippen molar-refractivity contribution >= 4 is 21.6 Å². The van der Waals surface area contributed by atoms with Gasteiger partial charge < -0.3 is 9.64 Å². The highest BCUT2D eigenvalue weighted by Gasteiger charge is 2.30. The number of anilines is 1. The largest absolute Gasteiger partial charge is 0.494 e. The first kappa shape index (κ1) is 21.2. The predicted octanol–water partition coefficient (Wildman–Crippen LogP) is 3.68. The van der Waals surface area contributed by atoms with Crippen molar-refractivity contribution in [1.82, 2.24) is 4.90 Å². The van der Waals surface area contributed by atoms with Gasteiger partial charge in [0, 0.05) is 13.1 Å². The molecule has 1 aliphatic rings. The highest BCUT2D eigenvalue weighted by molar-refractivity contribution is 7.92. The van der Waals surface area contributed by atoms with Crippen molar-refractivity contribution in [3.05, 3.63) is 54.6 Å². The van der Waals surface area contributed by atoms with Crippen molar-refractivity contribution in [2.75, 3.05) is 24.5 Å². The molecule has 0 heterocycles. The number of hydrogen-bond acceptors (Lipinski definition) is 4. The molecule has 0 unspecified atom stereocenters. The molecule has 0 aliphatic heterocycles. The van der Waals surface area contributed by atoms with Crippen LogP contribution >= 0.6 is 0 Å². The number of carbonyl (C=O) groups excluding carboxylic acids is 1. The number of amides is 1. The van der Waals surface area contributed by atoms with Gasteiger partial charge in [0.25, 0.3) is 10.0 Å². The molecule has 0 saturated heterocycles. The number of benzene rings is 2. The van der Waals surface area contributed by atoms with Gasteiger partial charge >= 0.3 is 0 Å². The molecule has 0 aromatic heterocycles. The van der Waals surface area contributed by atoms with Crippen LogP contribution in [0.5, 0.6) is 5.75 Å². The molecular weight excluding hydrogens is 388 g/mol. The highest BCUT2D eigenvalue weighted by atomic mass is 32.2. The number of hydrogen-bond donors (Lipinski definition) is 0. The monoisotopic (exact) mass is 416 g/mol. The number of para-hydroxylation sites is 1. The van der Waals surface area contributed by atoms with Gasteiger partial charge in [-0.2, -0.15) is 0 Å². The zero-order chi connectivity index (χ0) is 20.9. The fourth-order valence-electron chi connectivity index (χ4n) is 3.64. The maximum atomic E-state index is 13.4. The van der Waals surface area contributed by atoms with Crippen LogP contribution in [0.15, 0.2) is 59.5 Å². The van der Waals surface area contributed by atoms with E-state index < -0.39 is 10.0 Å². The van der Waals surface area contributed by atoms with E-state index in [-0.39, 0.29) is 23.4 Å². The number of ether oxygens (including phenoxy) is 1. The molecule has 7 heteroatoms. The molecular formula is C22H28N2O4S. The average molecular weight is 417 g/mol. The smallest absolute Gasteiger partial charge is 0.264 e. The molecule has 3 rings (SSSR count). The van der Waals surface area contributed by atoms with E-state index in [4.69, 9.17) is 4.74 Å². The number of nitrogens with zero attached hydrogens (tertiary/aromatic N) is 2. The van der Waals surface area contributed by atoms with Crippen LogP contribution < -0.4 is 9.04 Å². The number of carbonyl (C=O) groups is 1. The molecule has 6 nitrogen and oxygen atoms in total. The van der Waals surface area contributed by atoms with E-state index in [1.165, 1.54) is 16.4 Å². The summed E-state index contributed by atoms with van der Waals surface area (Å²) in [6.45, 7) is 2.14. The van der Waals surface area contributed by atoms with E-state index in [9.17, 15) is 13.2 Å². The highest BCUT2D eigenvalue weighted by Crippen LogP contribution is 2.27. The third-order valence-electron chi connectivity index (χ3n) is 5.31. The quantitative estimate of drug-likeness (QED) is 0.658. The van der Waals surface area contributed by atoms with Gasteiger partial charge in [0.1, 0.15) is 12.3 Å². The van der Waals surface area contributed by atoms with Gasteiger partial charge in [-0.05, 0) is 56.2 Å². The molecule has 1 amide bonds. The van der Waals surface area contributed by atoms with Gasteiger partial charge in [-0.25, -0.2) is 8.42 Å². The van der Waals surface area contributed by atoms with Crippen LogP contribution in [0.3, 0.4) is 0 Å².